The lowest BCUT2D eigenvalue weighted by atomic mass is 10.1. The Morgan fingerprint density at radius 3 is 2.56 bits per heavy atom. The van der Waals surface area contributed by atoms with Gasteiger partial charge in [0.25, 0.3) is 0 Å². The Morgan fingerprint density at radius 2 is 1.85 bits per heavy atom. The van der Waals surface area contributed by atoms with E-state index in [2.05, 4.69) is 15.5 Å². The number of nitrogens with zero attached hydrogens (tertiary/aromatic N) is 3. The van der Waals surface area contributed by atoms with E-state index in [0.717, 1.165) is 5.56 Å². The molecule has 140 valence electrons. The van der Waals surface area contributed by atoms with Crippen LogP contribution in [0.3, 0.4) is 0 Å². The van der Waals surface area contributed by atoms with Crippen LogP contribution in [0.1, 0.15) is 18.5 Å². The Morgan fingerprint density at radius 1 is 1.15 bits per heavy atom. The molecule has 1 atom stereocenters. The zero-order chi connectivity index (χ0) is 19.4. The number of benzene rings is 2. The summed E-state index contributed by atoms with van der Waals surface area (Å²) in [6.07, 6.45) is 0. The van der Waals surface area contributed by atoms with Crippen LogP contribution in [-0.4, -0.2) is 26.4 Å². The SMILES string of the molecule is CC(NC(=O)CSc1nnc(-c2ccccc2F)n1C)c1ccc(F)cc1. The van der Waals surface area contributed by atoms with Crippen molar-refractivity contribution in [1.29, 1.82) is 0 Å². The van der Waals surface area contributed by atoms with E-state index in [-0.39, 0.29) is 29.3 Å². The number of carbonyl (C=O) groups is 1. The lowest BCUT2D eigenvalue weighted by Gasteiger charge is -2.14. The summed E-state index contributed by atoms with van der Waals surface area (Å²) in [5.41, 5.74) is 1.17. The number of halogens is 2. The van der Waals surface area contributed by atoms with Gasteiger partial charge in [0, 0.05) is 7.05 Å². The van der Waals surface area contributed by atoms with Gasteiger partial charge in [0.05, 0.1) is 17.4 Å². The first-order valence-corrected chi connectivity index (χ1v) is 9.26. The average Bonchev–Trinajstić information content (AvgIpc) is 3.01. The van der Waals surface area contributed by atoms with Gasteiger partial charge in [-0.2, -0.15) is 0 Å². The second kappa shape index (κ2) is 8.30. The first-order chi connectivity index (χ1) is 13.0. The molecule has 1 aromatic heterocycles. The number of hydrogen-bond acceptors (Lipinski definition) is 4. The summed E-state index contributed by atoms with van der Waals surface area (Å²) in [6.45, 7) is 1.83. The van der Waals surface area contributed by atoms with Crippen LogP contribution in [0, 0.1) is 11.6 Å². The highest BCUT2D eigenvalue weighted by Crippen LogP contribution is 2.24. The van der Waals surface area contributed by atoms with Gasteiger partial charge in [-0.1, -0.05) is 36.0 Å². The molecule has 1 amide bonds. The second-order valence-corrected chi connectivity index (χ2v) is 6.92. The molecule has 1 N–H and O–H groups in total. The number of thioether (sulfide) groups is 1. The van der Waals surface area contributed by atoms with E-state index < -0.39 is 0 Å². The second-order valence-electron chi connectivity index (χ2n) is 5.97. The minimum atomic E-state index is -0.379. The molecule has 0 fully saturated rings. The molecule has 27 heavy (non-hydrogen) atoms. The van der Waals surface area contributed by atoms with E-state index in [1.54, 1.807) is 41.9 Å². The van der Waals surface area contributed by atoms with Crippen molar-refractivity contribution < 1.29 is 13.6 Å². The molecular formula is C19H18F2N4OS. The fourth-order valence-corrected chi connectivity index (χ4v) is 3.29. The van der Waals surface area contributed by atoms with Crippen LogP contribution in [-0.2, 0) is 11.8 Å². The van der Waals surface area contributed by atoms with E-state index in [1.165, 1.54) is 30.0 Å². The smallest absolute Gasteiger partial charge is 0.230 e. The third-order valence-electron chi connectivity index (χ3n) is 4.03. The van der Waals surface area contributed by atoms with Gasteiger partial charge in [-0.05, 0) is 36.8 Å². The summed E-state index contributed by atoms with van der Waals surface area (Å²) < 4.78 is 28.6. The lowest BCUT2D eigenvalue weighted by Crippen LogP contribution is -2.28. The predicted octanol–water partition coefficient (Wildman–Crippen LogP) is 3.73. The number of aromatic nitrogens is 3. The van der Waals surface area contributed by atoms with Crippen LogP contribution in [0.4, 0.5) is 8.78 Å². The van der Waals surface area contributed by atoms with Crippen molar-refractivity contribution in [1.82, 2.24) is 20.1 Å². The first kappa shape index (κ1) is 19.0. The molecule has 0 radical (unpaired) electrons. The van der Waals surface area contributed by atoms with Crippen molar-refractivity contribution in [2.45, 2.75) is 18.1 Å². The zero-order valence-corrected chi connectivity index (χ0v) is 15.6. The lowest BCUT2D eigenvalue weighted by molar-refractivity contribution is -0.119. The summed E-state index contributed by atoms with van der Waals surface area (Å²) in [5, 5.41) is 11.4. The summed E-state index contributed by atoms with van der Waals surface area (Å²) in [6, 6.07) is 12.1. The maximum atomic E-state index is 13.9. The fraction of sp³-hybridized carbons (Fsp3) is 0.211. The van der Waals surface area contributed by atoms with Gasteiger partial charge in [-0.15, -0.1) is 10.2 Å². The van der Waals surface area contributed by atoms with Gasteiger partial charge in [0.1, 0.15) is 11.6 Å². The van der Waals surface area contributed by atoms with Gasteiger partial charge in [0.15, 0.2) is 11.0 Å². The molecule has 3 aromatic rings. The van der Waals surface area contributed by atoms with Crippen LogP contribution in [0.5, 0.6) is 0 Å². The van der Waals surface area contributed by atoms with E-state index in [4.69, 9.17) is 0 Å². The molecule has 2 aromatic carbocycles. The van der Waals surface area contributed by atoms with Crippen molar-refractivity contribution in [3.8, 4) is 11.4 Å². The molecule has 3 rings (SSSR count). The number of carbonyl (C=O) groups excluding carboxylic acids is 1. The van der Waals surface area contributed by atoms with Gasteiger partial charge >= 0.3 is 0 Å². The van der Waals surface area contributed by atoms with E-state index in [0.29, 0.717) is 16.5 Å². The molecule has 1 heterocycles. The average molecular weight is 388 g/mol. The Balaban J connectivity index is 1.61. The summed E-state index contributed by atoms with van der Waals surface area (Å²) >= 11 is 1.21. The number of nitrogens with one attached hydrogen (secondary N) is 1. The molecule has 0 aliphatic rings. The highest BCUT2D eigenvalue weighted by Gasteiger charge is 2.16. The van der Waals surface area contributed by atoms with Crippen molar-refractivity contribution in [3.05, 3.63) is 65.7 Å². The largest absolute Gasteiger partial charge is 0.349 e. The maximum absolute atomic E-state index is 13.9. The fourth-order valence-electron chi connectivity index (χ4n) is 2.57. The van der Waals surface area contributed by atoms with Crippen molar-refractivity contribution >= 4 is 17.7 Å². The Kier molecular flexibility index (Phi) is 5.85. The van der Waals surface area contributed by atoms with Crippen molar-refractivity contribution in [2.75, 3.05) is 5.75 Å². The van der Waals surface area contributed by atoms with Crippen LogP contribution in [0.2, 0.25) is 0 Å². The normalized spacial score (nSPS) is 12.0. The van der Waals surface area contributed by atoms with Crippen LogP contribution < -0.4 is 5.32 Å². The molecule has 0 bridgehead atoms. The predicted molar refractivity (Wildman–Crippen MR) is 100 cm³/mol. The molecular weight excluding hydrogens is 370 g/mol. The molecule has 0 aliphatic heterocycles. The standard InChI is InChI=1S/C19H18F2N4OS/c1-12(13-7-9-14(20)10-8-13)22-17(26)11-27-19-24-23-18(25(19)2)15-5-3-4-6-16(15)21/h3-10,12H,11H2,1-2H3,(H,22,26). The van der Waals surface area contributed by atoms with E-state index in [1.807, 2.05) is 6.92 Å². The van der Waals surface area contributed by atoms with Gasteiger partial charge in [-0.3, -0.25) is 4.79 Å². The molecule has 1 unspecified atom stereocenters. The summed E-state index contributed by atoms with van der Waals surface area (Å²) in [7, 11) is 1.73. The minimum Gasteiger partial charge on any atom is -0.349 e. The van der Waals surface area contributed by atoms with Crippen molar-refractivity contribution in [3.63, 3.8) is 0 Å². The van der Waals surface area contributed by atoms with Crippen LogP contribution in [0.25, 0.3) is 11.4 Å². The maximum Gasteiger partial charge on any atom is 0.230 e. The molecule has 8 heteroatoms. The van der Waals surface area contributed by atoms with Crippen LogP contribution >= 0.6 is 11.8 Å². The molecule has 0 saturated heterocycles. The number of rotatable bonds is 6. The Hall–Kier alpha value is -2.74. The quantitative estimate of drug-likeness (QED) is 0.654. The molecule has 0 spiro atoms. The van der Waals surface area contributed by atoms with E-state index >= 15 is 0 Å². The van der Waals surface area contributed by atoms with Gasteiger partial charge in [-0.25, -0.2) is 8.78 Å². The minimum absolute atomic E-state index is 0.134. The van der Waals surface area contributed by atoms with Crippen LogP contribution in [0.15, 0.2) is 53.7 Å². The summed E-state index contributed by atoms with van der Waals surface area (Å²) in [5.74, 6) is -0.353. The van der Waals surface area contributed by atoms with E-state index in [9.17, 15) is 13.6 Å². The monoisotopic (exact) mass is 388 g/mol. The molecule has 0 aliphatic carbocycles. The highest BCUT2D eigenvalue weighted by atomic mass is 32.2. The Labute approximate surface area is 159 Å². The van der Waals surface area contributed by atoms with Crippen molar-refractivity contribution in [2.24, 2.45) is 7.05 Å². The topological polar surface area (TPSA) is 59.8 Å². The Bertz CT molecular complexity index is 943. The third-order valence-corrected chi connectivity index (χ3v) is 5.05. The van der Waals surface area contributed by atoms with Gasteiger partial charge in [0.2, 0.25) is 5.91 Å². The molecule has 5 nitrogen and oxygen atoms in total. The zero-order valence-electron chi connectivity index (χ0n) is 14.8. The number of hydrogen-bond donors (Lipinski definition) is 1. The first-order valence-electron chi connectivity index (χ1n) is 8.27. The highest BCUT2D eigenvalue weighted by molar-refractivity contribution is 7.99. The van der Waals surface area contributed by atoms with Gasteiger partial charge < -0.3 is 9.88 Å². The molecule has 0 saturated carbocycles. The summed E-state index contributed by atoms with van der Waals surface area (Å²) in [4.78, 5) is 12.2. The third kappa shape index (κ3) is 4.51. The number of amides is 1.